The average Bonchev–Trinajstić information content (AvgIpc) is 2.91. The van der Waals surface area contributed by atoms with E-state index in [2.05, 4.69) is 25.8 Å². The van der Waals surface area contributed by atoms with Crippen LogP contribution in [0.1, 0.15) is 42.3 Å². The first kappa shape index (κ1) is 17.3. The van der Waals surface area contributed by atoms with Crippen molar-refractivity contribution in [3.8, 4) is 11.3 Å². The summed E-state index contributed by atoms with van der Waals surface area (Å²) in [7, 11) is 0. The number of aldehydes is 1. The van der Waals surface area contributed by atoms with Crippen molar-refractivity contribution in [1.29, 1.82) is 0 Å². The highest BCUT2D eigenvalue weighted by atomic mass is 19.4. The maximum absolute atomic E-state index is 13.2. The Morgan fingerprint density at radius 1 is 0.960 bits per heavy atom. The van der Waals surface area contributed by atoms with Crippen molar-refractivity contribution in [1.82, 2.24) is 4.98 Å². The van der Waals surface area contributed by atoms with Gasteiger partial charge in [-0.1, -0.05) is 57.2 Å². The summed E-state index contributed by atoms with van der Waals surface area (Å²) in [6.07, 6.45) is -3.89. The maximum atomic E-state index is 13.2. The summed E-state index contributed by atoms with van der Waals surface area (Å²) in [4.78, 5) is 14.4. The maximum Gasteiger partial charge on any atom is 0.418 e. The number of benzene rings is 2. The Bertz CT molecular complexity index is 928. The molecule has 0 saturated carbocycles. The number of hydrogen-bond donors (Lipinski definition) is 1. The summed E-state index contributed by atoms with van der Waals surface area (Å²) in [5.41, 5.74) is 1.57. The van der Waals surface area contributed by atoms with Crippen molar-refractivity contribution in [2.24, 2.45) is 0 Å². The van der Waals surface area contributed by atoms with Crippen molar-refractivity contribution < 1.29 is 18.0 Å². The van der Waals surface area contributed by atoms with E-state index in [1.54, 1.807) is 0 Å². The van der Waals surface area contributed by atoms with Crippen LogP contribution in [0.15, 0.2) is 42.5 Å². The molecule has 2 nitrogen and oxygen atoms in total. The zero-order chi connectivity index (χ0) is 18.4. The number of H-pyrrole nitrogens is 1. The molecule has 2 aromatic carbocycles. The van der Waals surface area contributed by atoms with E-state index in [0.29, 0.717) is 17.5 Å². The first-order chi connectivity index (χ1) is 11.6. The van der Waals surface area contributed by atoms with E-state index < -0.39 is 11.7 Å². The molecule has 0 amide bonds. The highest BCUT2D eigenvalue weighted by molar-refractivity contribution is 6.05. The van der Waals surface area contributed by atoms with Crippen LogP contribution in [-0.4, -0.2) is 11.3 Å². The molecule has 0 aliphatic heterocycles. The van der Waals surface area contributed by atoms with E-state index in [0.717, 1.165) is 11.6 Å². The Balaban J connectivity index is 2.22. The molecule has 130 valence electrons. The van der Waals surface area contributed by atoms with Crippen molar-refractivity contribution >= 4 is 17.2 Å². The second-order valence-corrected chi connectivity index (χ2v) is 7.08. The van der Waals surface area contributed by atoms with Gasteiger partial charge < -0.3 is 4.98 Å². The lowest BCUT2D eigenvalue weighted by Gasteiger charge is -2.19. The number of carbonyl (C=O) groups is 1. The van der Waals surface area contributed by atoms with Gasteiger partial charge in [0.2, 0.25) is 0 Å². The van der Waals surface area contributed by atoms with Gasteiger partial charge in [-0.3, -0.25) is 4.79 Å². The monoisotopic (exact) mass is 345 g/mol. The fourth-order valence-corrected chi connectivity index (χ4v) is 2.96. The van der Waals surface area contributed by atoms with E-state index in [1.807, 2.05) is 24.3 Å². The molecule has 0 aliphatic carbocycles. The zero-order valence-corrected chi connectivity index (χ0v) is 14.2. The van der Waals surface area contributed by atoms with Gasteiger partial charge in [-0.2, -0.15) is 13.2 Å². The van der Waals surface area contributed by atoms with Crippen molar-refractivity contribution in [3.63, 3.8) is 0 Å². The Morgan fingerprint density at radius 2 is 1.60 bits per heavy atom. The minimum Gasteiger partial charge on any atom is -0.353 e. The highest BCUT2D eigenvalue weighted by Crippen LogP contribution is 2.38. The van der Waals surface area contributed by atoms with E-state index in [1.165, 1.54) is 12.1 Å². The van der Waals surface area contributed by atoms with Gasteiger partial charge in [0.15, 0.2) is 6.29 Å². The standard InChI is InChI=1S/C20H18F3NO/c1-19(2,3)13-9-7-12(8-10-13)17-15(11-25)14-5-4-6-16(18(14)24-17)20(21,22)23/h4-11,24H,1-3H3. The van der Waals surface area contributed by atoms with Crippen LogP contribution in [0.5, 0.6) is 0 Å². The van der Waals surface area contributed by atoms with Crippen LogP contribution < -0.4 is 0 Å². The number of aromatic amines is 1. The quantitative estimate of drug-likeness (QED) is 0.571. The average molecular weight is 345 g/mol. The summed E-state index contributed by atoms with van der Waals surface area (Å²) < 4.78 is 39.7. The van der Waals surface area contributed by atoms with Crippen molar-refractivity contribution in [2.75, 3.05) is 0 Å². The van der Waals surface area contributed by atoms with E-state index in [4.69, 9.17) is 0 Å². The molecule has 1 aromatic heterocycles. The molecule has 0 saturated heterocycles. The molecular weight excluding hydrogens is 327 g/mol. The number of alkyl halides is 3. The Labute approximate surface area is 143 Å². The molecule has 0 atom stereocenters. The molecule has 0 spiro atoms. The molecule has 1 heterocycles. The lowest BCUT2D eigenvalue weighted by atomic mass is 9.86. The first-order valence-electron chi connectivity index (χ1n) is 7.91. The highest BCUT2D eigenvalue weighted by Gasteiger charge is 2.34. The molecule has 0 unspecified atom stereocenters. The molecular formula is C20H18F3NO. The predicted octanol–water partition coefficient (Wildman–Crippen LogP) is 5.96. The van der Waals surface area contributed by atoms with Crippen molar-refractivity contribution in [3.05, 3.63) is 59.2 Å². The van der Waals surface area contributed by atoms with Gasteiger partial charge in [-0.15, -0.1) is 0 Å². The number of rotatable bonds is 2. The lowest BCUT2D eigenvalue weighted by molar-refractivity contribution is -0.136. The van der Waals surface area contributed by atoms with Gasteiger partial charge in [0.05, 0.1) is 16.8 Å². The van der Waals surface area contributed by atoms with E-state index in [-0.39, 0.29) is 21.9 Å². The SMILES string of the molecule is CC(C)(C)c1ccc(-c2[nH]c3c(C(F)(F)F)cccc3c2C=O)cc1. The summed E-state index contributed by atoms with van der Waals surface area (Å²) in [6, 6.07) is 11.4. The molecule has 0 fully saturated rings. The fourth-order valence-electron chi connectivity index (χ4n) is 2.96. The van der Waals surface area contributed by atoms with E-state index >= 15 is 0 Å². The number of halogens is 3. The third kappa shape index (κ3) is 3.06. The van der Waals surface area contributed by atoms with Gasteiger partial charge in [0.25, 0.3) is 0 Å². The first-order valence-corrected chi connectivity index (χ1v) is 7.91. The number of para-hydroxylation sites is 1. The summed E-state index contributed by atoms with van der Waals surface area (Å²) in [5, 5.41) is 0.278. The molecule has 3 aromatic rings. The summed E-state index contributed by atoms with van der Waals surface area (Å²) in [5.74, 6) is 0. The largest absolute Gasteiger partial charge is 0.418 e. The molecule has 5 heteroatoms. The second kappa shape index (κ2) is 5.76. The number of aromatic nitrogens is 1. The van der Waals surface area contributed by atoms with E-state index in [9.17, 15) is 18.0 Å². The molecule has 0 aliphatic rings. The number of hydrogen-bond acceptors (Lipinski definition) is 1. The minimum absolute atomic E-state index is 0.0318. The third-order valence-corrected chi connectivity index (χ3v) is 4.34. The van der Waals surface area contributed by atoms with Gasteiger partial charge in [-0.05, 0) is 22.6 Å². The summed E-state index contributed by atoms with van der Waals surface area (Å²) >= 11 is 0. The second-order valence-electron chi connectivity index (χ2n) is 7.08. The molecule has 25 heavy (non-hydrogen) atoms. The molecule has 0 bridgehead atoms. The topological polar surface area (TPSA) is 32.9 Å². The molecule has 0 radical (unpaired) electrons. The predicted molar refractivity (Wildman–Crippen MR) is 92.8 cm³/mol. The Kier molecular flexibility index (Phi) is 3.98. The van der Waals surface area contributed by atoms with Gasteiger partial charge in [0.1, 0.15) is 0 Å². The van der Waals surface area contributed by atoms with Gasteiger partial charge in [-0.25, -0.2) is 0 Å². The van der Waals surface area contributed by atoms with Crippen LogP contribution >= 0.6 is 0 Å². The smallest absolute Gasteiger partial charge is 0.353 e. The molecule has 3 rings (SSSR count). The van der Waals surface area contributed by atoms with Crippen LogP contribution in [0.2, 0.25) is 0 Å². The minimum atomic E-state index is -4.49. The fraction of sp³-hybridized carbons (Fsp3) is 0.250. The lowest BCUT2D eigenvalue weighted by Crippen LogP contribution is -2.10. The Morgan fingerprint density at radius 3 is 2.12 bits per heavy atom. The van der Waals surface area contributed by atoms with Gasteiger partial charge in [0, 0.05) is 10.9 Å². The van der Waals surface area contributed by atoms with Gasteiger partial charge >= 0.3 is 6.18 Å². The van der Waals surface area contributed by atoms with Crippen LogP contribution in [0.25, 0.3) is 22.2 Å². The van der Waals surface area contributed by atoms with Crippen LogP contribution in [-0.2, 0) is 11.6 Å². The van der Waals surface area contributed by atoms with Crippen LogP contribution in [0.4, 0.5) is 13.2 Å². The molecule has 1 N–H and O–H groups in total. The summed E-state index contributed by atoms with van der Waals surface area (Å²) in [6.45, 7) is 6.24. The third-order valence-electron chi connectivity index (χ3n) is 4.34. The Hall–Kier alpha value is -2.56. The van der Waals surface area contributed by atoms with Crippen LogP contribution in [0, 0.1) is 0 Å². The van der Waals surface area contributed by atoms with Crippen molar-refractivity contribution in [2.45, 2.75) is 32.4 Å². The number of fused-ring (bicyclic) bond motifs is 1. The van der Waals surface area contributed by atoms with Crippen LogP contribution in [0.3, 0.4) is 0 Å². The zero-order valence-electron chi connectivity index (χ0n) is 14.2. The normalized spacial score (nSPS) is 12.6. The number of nitrogens with one attached hydrogen (secondary N) is 1. The number of carbonyl (C=O) groups excluding carboxylic acids is 1.